The largest absolute Gasteiger partial charge is 0.458 e. The van der Waals surface area contributed by atoms with Gasteiger partial charge in [0, 0.05) is 29.6 Å². The predicted octanol–water partition coefficient (Wildman–Crippen LogP) is 0.852. The van der Waals surface area contributed by atoms with Crippen LogP contribution in [0.5, 0.6) is 0 Å². The summed E-state index contributed by atoms with van der Waals surface area (Å²) in [5, 5.41) is 9.83. The zero-order valence-electron chi connectivity index (χ0n) is 10.4. The van der Waals surface area contributed by atoms with Crippen LogP contribution >= 0.6 is 0 Å². The summed E-state index contributed by atoms with van der Waals surface area (Å²) in [5.74, 6) is -0.611. The molecule has 0 saturated heterocycles. The Kier molecular flexibility index (Phi) is 2.78. The van der Waals surface area contributed by atoms with E-state index in [0.29, 0.717) is 17.6 Å². The third-order valence-corrected chi connectivity index (χ3v) is 3.75. The van der Waals surface area contributed by atoms with Gasteiger partial charge < -0.3 is 14.6 Å². The number of allylic oxidation sites excluding steroid dienone is 1. The normalized spacial score (nSPS) is 38.6. The number of carbonyl (C=O) groups is 2. The number of ether oxygens (including phenoxy) is 2. The summed E-state index contributed by atoms with van der Waals surface area (Å²) in [5.41, 5.74) is 0.957. The quantitative estimate of drug-likeness (QED) is 0.346. The molecule has 19 heavy (non-hydrogen) atoms. The maximum absolute atomic E-state index is 11.9. The molecule has 3 rings (SSSR count). The Balaban J connectivity index is 1.73. The van der Waals surface area contributed by atoms with Gasteiger partial charge in [-0.3, -0.25) is 4.79 Å². The Morgan fingerprint density at radius 2 is 2.21 bits per heavy atom. The van der Waals surface area contributed by atoms with Crippen molar-refractivity contribution in [1.82, 2.24) is 0 Å². The SMILES string of the molecule is CC1=C[C@@H](O/C=C2/C(=O)C[C@@H]3C=C[C@@H](O)[C@H]23)OC1=O. The summed E-state index contributed by atoms with van der Waals surface area (Å²) in [6, 6.07) is 0. The Hall–Kier alpha value is -1.88. The van der Waals surface area contributed by atoms with E-state index in [1.54, 1.807) is 19.1 Å². The highest BCUT2D eigenvalue weighted by Gasteiger charge is 2.43. The molecule has 1 heterocycles. The van der Waals surface area contributed by atoms with Gasteiger partial charge >= 0.3 is 5.97 Å². The van der Waals surface area contributed by atoms with E-state index < -0.39 is 18.4 Å². The second kappa shape index (κ2) is 4.35. The lowest BCUT2D eigenvalue weighted by Gasteiger charge is -2.15. The van der Waals surface area contributed by atoms with Crippen molar-refractivity contribution in [2.45, 2.75) is 25.7 Å². The van der Waals surface area contributed by atoms with Crippen molar-refractivity contribution in [2.24, 2.45) is 11.8 Å². The van der Waals surface area contributed by atoms with Crippen LogP contribution in [0.3, 0.4) is 0 Å². The van der Waals surface area contributed by atoms with Crippen molar-refractivity contribution in [2.75, 3.05) is 0 Å². The first kappa shape index (κ1) is 12.2. The Morgan fingerprint density at radius 3 is 2.89 bits per heavy atom. The minimum Gasteiger partial charge on any atom is -0.458 e. The van der Waals surface area contributed by atoms with Crippen LogP contribution in [-0.4, -0.2) is 29.3 Å². The zero-order valence-corrected chi connectivity index (χ0v) is 10.4. The number of aliphatic hydroxyl groups excluding tert-OH is 1. The third-order valence-electron chi connectivity index (χ3n) is 3.75. The average Bonchev–Trinajstić information content (AvgIpc) is 2.96. The molecule has 1 N–H and O–H groups in total. The van der Waals surface area contributed by atoms with E-state index in [0.717, 1.165) is 0 Å². The average molecular weight is 262 g/mol. The molecular weight excluding hydrogens is 248 g/mol. The van der Waals surface area contributed by atoms with Crippen LogP contribution in [-0.2, 0) is 19.1 Å². The minimum atomic E-state index is -0.779. The van der Waals surface area contributed by atoms with Gasteiger partial charge in [-0.1, -0.05) is 12.2 Å². The van der Waals surface area contributed by atoms with Crippen molar-refractivity contribution >= 4 is 11.8 Å². The summed E-state index contributed by atoms with van der Waals surface area (Å²) in [6.45, 7) is 1.64. The fourth-order valence-corrected chi connectivity index (χ4v) is 2.73. The molecule has 0 spiro atoms. The molecule has 0 aromatic carbocycles. The minimum absolute atomic E-state index is 0.0246. The van der Waals surface area contributed by atoms with Crippen LogP contribution in [0.25, 0.3) is 0 Å². The van der Waals surface area contributed by atoms with E-state index in [4.69, 9.17) is 9.47 Å². The zero-order chi connectivity index (χ0) is 13.6. The highest BCUT2D eigenvalue weighted by Crippen LogP contribution is 2.41. The Morgan fingerprint density at radius 1 is 1.42 bits per heavy atom. The maximum Gasteiger partial charge on any atom is 0.336 e. The molecule has 0 bridgehead atoms. The number of fused-ring (bicyclic) bond motifs is 1. The number of carbonyl (C=O) groups excluding carboxylic acids is 2. The molecule has 2 aliphatic carbocycles. The molecule has 0 radical (unpaired) electrons. The molecular formula is C14H14O5. The van der Waals surface area contributed by atoms with Crippen molar-refractivity contribution in [3.63, 3.8) is 0 Å². The van der Waals surface area contributed by atoms with E-state index in [9.17, 15) is 14.7 Å². The van der Waals surface area contributed by atoms with Gasteiger partial charge in [-0.25, -0.2) is 4.79 Å². The van der Waals surface area contributed by atoms with Gasteiger partial charge in [0.1, 0.15) is 0 Å². The van der Waals surface area contributed by atoms with E-state index in [-0.39, 0.29) is 17.6 Å². The number of hydrogen-bond acceptors (Lipinski definition) is 5. The maximum atomic E-state index is 11.9. The predicted molar refractivity (Wildman–Crippen MR) is 64.6 cm³/mol. The fraction of sp³-hybridized carbons (Fsp3) is 0.429. The Bertz CT molecular complexity index is 528. The molecule has 100 valence electrons. The van der Waals surface area contributed by atoms with E-state index in [2.05, 4.69) is 0 Å². The molecule has 3 aliphatic rings. The first-order valence-electron chi connectivity index (χ1n) is 6.21. The molecule has 0 aromatic heterocycles. The lowest BCUT2D eigenvalue weighted by molar-refractivity contribution is -0.152. The molecule has 1 aliphatic heterocycles. The summed E-state index contributed by atoms with van der Waals surface area (Å²) in [7, 11) is 0. The van der Waals surface area contributed by atoms with Gasteiger partial charge in [0.15, 0.2) is 5.78 Å². The van der Waals surface area contributed by atoms with Crippen LogP contribution in [0, 0.1) is 11.8 Å². The topological polar surface area (TPSA) is 72.8 Å². The van der Waals surface area contributed by atoms with E-state index in [1.165, 1.54) is 6.26 Å². The number of cyclic esters (lactones) is 1. The number of aliphatic hydroxyl groups is 1. The highest BCUT2D eigenvalue weighted by atomic mass is 16.7. The lowest BCUT2D eigenvalue weighted by Crippen LogP contribution is -2.19. The second-order valence-corrected chi connectivity index (χ2v) is 5.03. The van der Waals surface area contributed by atoms with E-state index in [1.807, 2.05) is 6.08 Å². The molecule has 5 nitrogen and oxygen atoms in total. The van der Waals surface area contributed by atoms with Crippen LogP contribution in [0.2, 0.25) is 0 Å². The summed E-state index contributed by atoms with van der Waals surface area (Å²) in [4.78, 5) is 23.0. The van der Waals surface area contributed by atoms with Gasteiger partial charge in [0.25, 0.3) is 6.29 Å². The number of Topliss-reactive ketones (excluding diaryl/α,β-unsaturated/α-hetero) is 1. The summed E-state index contributed by atoms with van der Waals surface area (Å²) < 4.78 is 10.2. The lowest BCUT2D eigenvalue weighted by atomic mass is 9.95. The molecule has 0 amide bonds. The molecule has 0 aromatic rings. The van der Waals surface area contributed by atoms with Gasteiger partial charge in [-0.2, -0.15) is 0 Å². The monoisotopic (exact) mass is 262 g/mol. The van der Waals surface area contributed by atoms with Crippen LogP contribution in [0.1, 0.15) is 13.3 Å². The van der Waals surface area contributed by atoms with Gasteiger partial charge in [-0.05, 0) is 12.8 Å². The molecule has 0 unspecified atom stereocenters. The van der Waals surface area contributed by atoms with Crippen molar-refractivity contribution in [3.05, 3.63) is 35.6 Å². The summed E-state index contributed by atoms with van der Waals surface area (Å²) in [6.07, 6.45) is 5.43. The fourth-order valence-electron chi connectivity index (χ4n) is 2.73. The summed E-state index contributed by atoms with van der Waals surface area (Å²) >= 11 is 0. The smallest absolute Gasteiger partial charge is 0.336 e. The highest BCUT2D eigenvalue weighted by molar-refractivity contribution is 5.99. The van der Waals surface area contributed by atoms with Gasteiger partial charge in [0.05, 0.1) is 12.4 Å². The van der Waals surface area contributed by atoms with Crippen molar-refractivity contribution in [1.29, 1.82) is 0 Å². The number of rotatable bonds is 2. The van der Waals surface area contributed by atoms with Crippen molar-refractivity contribution < 1.29 is 24.2 Å². The van der Waals surface area contributed by atoms with E-state index >= 15 is 0 Å². The second-order valence-electron chi connectivity index (χ2n) is 5.03. The molecule has 1 saturated carbocycles. The van der Waals surface area contributed by atoms with Gasteiger partial charge in [-0.15, -0.1) is 0 Å². The Labute approximate surface area is 110 Å². The van der Waals surface area contributed by atoms with Crippen molar-refractivity contribution in [3.8, 4) is 0 Å². The first-order chi connectivity index (χ1) is 9.06. The van der Waals surface area contributed by atoms with Crippen LogP contribution in [0.4, 0.5) is 0 Å². The molecule has 4 atom stereocenters. The molecule has 1 fully saturated rings. The number of esters is 1. The van der Waals surface area contributed by atoms with Gasteiger partial charge in [0.2, 0.25) is 0 Å². The number of ketones is 1. The molecule has 5 heteroatoms. The third kappa shape index (κ3) is 2.00. The van der Waals surface area contributed by atoms with Crippen LogP contribution in [0.15, 0.2) is 35.6 Å². The standard InChI is InChI=1S/C14H14O5/c1-7-4-12(19-14(7)17)18-6-9-11(16)5-8-2-3-10(15)13(8)9/h2-4,6,8,10,12-13,15H,5H2,1H3/b9-6-/t8-,10+,12-,13-/m0/s1. The number of hydrogen-bond donors (Lipinski definition) is 1. The first-order valence-corrected chi connectivity index (χ1v) is 6.21. The van der Waals surface area contributed by atoms with Crippen LogP contribution < -0.4 is 0 Å².